The van der Waals surface area contributed by atoms with Crippen LogP contribution < -0.4 is 0 Å². The van der Waals surface area contributed by atoms with Gasteiger partial charge >= 0.3 is 0 Å². The smallest absolute Gasteiger partial charge is 0.168 e. The molecule has 0 unspecified atom stereocenters. The van der Waals surface area contributed by atoms with Crippen LogP contribution in [0.2, 0.25) is 11.6 Å². The van der Waals surface area contributed by atoms with Gasteiger partial charge in [-0.25, -0.2) is 0 Å². The fourth-order valence-corrected chi connectivity index (χ4v) is 2.15. The molecular formula is C6H14ClSi. The molecule has 0 amide bonds. The maximum Gasteiger partial charge on any atom is 0.168 e. The highest BCUT2D eigenvalue weighted by Gasteiger charge is 2.09. The van der Waals surface area contributed by atoms with Crippen molar-refractivity contribution < 1.29 is 0 Å². The van der Waals surface area contributed by atoms with Gasteiger partial charge in [-0.15, -0.1) is 0 Å². The van der Waals surface area contributed by atoms with Crippen molar-refractivity contribution in [2.45, 2.75) is 38.8 Å². The van der Waals surface area contributed by atoms with Crippen molar-refractivity contribution in [3.63, 3.8) is 0 Å². The molecule has 0 saturated carbocycles. The average molecular weight is 150 g/mol. The van der Waals surface area contributed by atoms with Gasteiger partial charge < -0.3 is 0 Å². The standard InChI is InChI=1S/C6H14ClSi/c1-4-5-8(7)6(2)3/h6H,4-5H2,1-3H3. The van der Waals surface area contributed by atoms with E-state index in [1.807, 2.05) is 0 Å². The molecule has 0 aromatic carbocycles. The summed E-state index contributed by atoms with van der Waals surface area (Å²) in [5.41, 5.74) is 0.738. The molecule has 0 aliphatic carbocycles. The minimum absolute atomic E-state index is 0.485. The van der Waals surface area contributed by atoms with E-state index < -0.39 is 8.11 Å². The number of hydrogen-bond donors (Lipinski definition) is 0. The largest absolute Gasteiger partial charge is 0.169 e. The van der Waals surface area contributed by atoms with Crippen LogP contribution in [0, 0.1) is 0 Å². The van der Waals surface area contributed by atoms with Gasteiger partial charge in [0.1, 0.15) is 0 Å². The zero-order chi connectivity index (χ0) is 6.57. The van der Waals surface area contributed by atoms with Crippen LogP contribution in [0.3, 0.4) is 0 Å². The topological polar surface area (TPSA) is 0 Å². The van der Waals surface area contributed by atoms with Gasteiger partial charge in [-0.1, -0.05) is 27.2 Å². The van der Waals surface area contributed by atoms with Crippen molar-refractivity contribution in [2.24, 2.45) is 0 Å². The number of rotatable bonds is 3. The zero-order valence-corrected chi connectivity index (χ0v) is 7.63. The SMILES string of the molecule is CCC[Si](Cl)C(C)C. The molecule has 0 saturated heterocycles. The van der Waals surface area contributed by atoms with E-state index in [4.69, 9.17) is 11.1 Å². The lowest BCUT2D eigenvalue weighted by atomic mass is 10.6. The van der Waals surface area contributed by atoms with Crippen molar-refractivity contribution in [1.82, 2.24) is 0 Å². The van der Waals surface area contributed by atoms with Crippen molar-refractivity contribution in [3.05, 3.63) is 0 Å². The summed E-state index contributed by atoms with van der Waals surface area (Å²) in [5, 5.41) is 0. The van der Waals surface area contributed by atoms with Gasteiger partial charge in [-0.05, 0) is 11.6 Å². The Hall–Kier alpha value is 0.507. The lowest BCUT2D eigenvalue weighted by molar-refractivity contribution is 0.993. The normalized spacial score (nSPS) is 11.2. The Labute approximate surface area is 58.6 Å². The van der Waals surface area contributed by atoms with E-state index in [1.165, 1.54) is 12.5 Å². The summed E-state index contributed by atoms with van der Waals surface area (Å²) in [6.45, 7) is 6.60. The van der Waals surface area contributed by atoms with Gasteiger partial charge in [0.25, 0.3) is 0 Å². The third-order valence-electron chi connectivity index (χ3n) is 1.12. The Balaban J connectivity index is 3.17. The van der Waals surface area contributed by atoms with Crippen LogP contribution in [-0.4, -0.2) is 8.11 Å². The van der Waals surface area contributed by atoms with Gasteiger partial charge in [-0.2, -0.15) is 11.1 Å². The zero-order valence-electron chi connectivity index (χ0n) is 5.87. The second kappa shape index (κ2) is 4.39. The van der Waals surface area contributed by atoms with Crippen molar-refractivity contribution in [1.29, 1.82) is 0 Å². The Bertz CT molecular complexity index is 54.5. The quantitative estimate of drug-likeness (QED) is 0.428. The van der Waals surface area contributed by atoms with Crippen LogP contribution in [0.5, 0.6) is 0 Å². The molecule has 0 aliphatic heterocycles. The van der Waals surface area contributed by atoms with E-state index in [0.29, 0.717) is 0 Å². The summed E-state index contributed by atoms with van der Waals surface area (Å²) in [7, 11) is -0.485. The van der Waals surface area contributed by atoms with E-state index >= 15 is 0 Å². The lowest BCUT2D eigenvalue weighted by Crippen LogP contribution is -2.06. The predicted octanol–water partition coefficient (Wildman–Crippen LogP) is 3.04. The van der Waals surface area contributed by atoms with Crippen LogP contribution in [0.4, 0.5) is 0 Å². The van der Waals surface area contributed by atoms with Crippen molar-refractivity contribution in [3.8, 4) is 0 Å². The van der Waals surface area contributed by atoms with Crippen molar-refractivity contribution >= 4 is 19.2 Å². The lowest BCUT2D eigenvalue weighted by Gasteiger charge is -2.07. The summed E-state index contributed by atoms with van der Waals surface area (Å²) >= 11 is 6.02. The summed E-state index contributed by atoms with van der Waals surface area (Å²) in [6.07, 6.45) is 1.25. The average Bonchev–Trinajstić information content (AvgIpc) is 1.67. The first-order chi connectivity index (χ1) is 3.68. The Morgan fingerprint density at radius 1 is 1.50 bits per heavy atom. The van der Waals surface area contributed by atoms with Crippen LogP contribution in [-0.2, 0) is 0 Å². The first-order valence-corrected chi connectivity index (χ1v) is 5.99. The fourth-order valence-electron chi connectivity index (χ4n) is 0.528. The third-order valence-corrected chi connectivity index (χ3v) is 5.22. The summed E-state index contributed by atoms with van der Waals surface area (Å²) in [4.78, 5) is 0. The van der Waals surface area contributed by atoms with E-state index in [-0.39, 0.29) is 0 Å². The molecule has 0 aliphatic rings. The molecule has 2 heteroatoms. The second-order valence-corrected chi connectivity index (χ2v) is 6.36. The molecule has 8 heavy (non-hydrogen) atoms. The highest BCUT2D eigenvalue weighted by Crippen LogP contribution is 2.16. The Morgan fingerprint density at radius 2 is 2.00 bits per heavy atom. The predicted molar refractivity (Wildman–Crippen MR) is 41.8 cm³/mol. The Kier molecular flexibility index (Phi) is 4.67. The van der Waals surface area contributed by atoms with Gasteiger partial charge in [0.05, 0.1) is 0 Å². The minimum Gasteiger partial charge on any atom is -0.169 e. The minimum atomic E-state index is -0.485. The van der Waals surface area contributed by atoms with Crippen LogP contribution in [0.15, 0.2) is 0 Å². The van der Waals surface area contributed by atoms with Crippen molar-refractivity contribution in [2.75, 3.05) is 0 Å². The second-order valence-electron chi connectivity index (χ2n) is 2.35. The molecule has 49 valence electrons. The van der Waals surface area contributed by atoms with Gasteiger partial charge in [0.2, 0.25) is 0 Å². The summed E-state index contributed by atoms with van der Waals surface area (Å²) in [5.74, 6) is 0. The first-order valence-electron chi connectivity index (χ1n) is 3.19. The van der Waals surface area contributed by atoms with E-state index in [2.05, 4.69) is 20.8 Å². The number of hydrogen-bond acceptors (Lipinski definition) is 0. The van der Waals surface area contributed by atoms with Gasteiger partial charge in [0, 0.05) is 0 Å². The molecule has 0 aromatic rings. The summed E-state index contributed by atoms with van der Waals surface area (Å²) in [6, 6.07) is 1.25. The molecular weight excluding hydrogens is 136 g/mol. The van der Waals surface area contributed by atoms with E-state index in [0.717, 1.165) is 5.54 Å². The highest BCUT2D eigenvalue weighted by atomic mass is 35.6. The monoisotopic (exact) mass is 149 g/mol. The molecule has 0 atom stereocenters. The number of halogens is 1. The molecule has 0 spiro atoms. The molecule has 0 N–H and O–H groups in total. The van der Waals surface area contributed by atoms with Crippen LogP contribution in [0.25, 0.3) is 0 Å². The molecule has 1 radical (unpaired) electrons. The molecule has 0 nitrogen and oxygen atoms in total. The van der Waals surface area contributed by atoms with Crippen LogP contribution >= 0.6 is 11.1 Å². The molecule has 0 rings (SSSR count). The maximum absolute atomic E-state index is 6.02. The summed E-state index contributed by atoms with van der Waals surface area (Å²) < 4.78 is 0. The Morgan fingerprint density at radius 3 is 2.12 bits per heavy atom. The van der Waals surface area contributed by atoms with Gasteiger partial charge in [-0.3, -0.25) is 0 Å². The van der Waals surface area contributed by atoms with E-state index in [1.54, 1.807) is 0 Å². The third kappa shape index (κ3) is 3.50. The maximum atomic E-state index is 6.02. The van der Waals surface area contributed by atoms with Gasteiger partial charge in [0.15, 0.2) is 8.11 Å². The van der Waals surface area contributed by atoms with Crippen LogP contribution in [0.1, 0.15) is 27.2 Å². The highest BCUT2D eigenvalue weighted by molar-refractivity contribution is 7.07. The molecule has 0 bridgehead atoms. The molecule has 0 heterocycles. The first kappa shape index (κ1) is 8.51. The molecule has 0 fully saturated rings. The molecule has 0 aromatic heterocycles. The fraction of sp³-hybridized carbons (Fsp3) is 1.00. The van der Waals surface area contributed by atoms with E-state index in [9.17, 15) is 0 Å².